The van der Waals surface area contributed by atoms with Crippen LogP contribution in [-0.4, -0.2) is 40.9 Å². The van der Waals surface area contributed by atoms with Gasteiger partial charge < -0.3 is 24.3 Å². The Labute approximate surface area is 136 Å². The molecule has 2 aromatic rings. The number of nitrogens with zero attached hydrogens (tertiary/aromatic N) is 1. The number of hydrogen-bond donors (Lipinski definition) is 2. The van der Waals surface area contributed by atoms with E-state index in [1.807, 2.05) is 0 Å². The summed E-state index contributed by atoms with van der Waals surface area (Å²) in [5, 5.41) is 18.2. The van der Waals surface area contributed by atoms with Crippen molar-refractivity contribution in [1.82, 2.24) is 4.57 Å². The summed E-state index contributed by atoms with van der Waals surface area (Å²) in [6.45, 7) is 0.0200. The van der Waals surface area contributed by atoms with Gasteiger partial charge in [-0.3, -0.25) is 4.79 Å². The molecule has 24 heavy (non-hydrogen) atoms. The van der Waals surface area contributed by atoms with Gasteiger partial charge in [-0.25, -0.2) is 9.59 Å². The number of ether oxygens (including phenoxy) is 2. The molecule has 1 aromatic carbocycles. The molecule has 126 valence electrons. The number of pyridine rings is 1. The van der Waals surface area contributed by atoms with Crippen LogP contribution in [0.1, 0.15) is 26.3 Å². The van der Waals surface area contributed by atoms with Gasteiger partial charge in [-0.05, 0) is 18.2 Å². The summed E-state index contributed by atoms with van der Waals surface area (Å²) in [6, 6.07) is 6.07. The van der Waals surface area contributed by atoms with Crippen molar-refractivity contribution >= 4 is 11.9 Å². The molecule has 0 radical (unpaired) electrons. The average Bonchev–Trinajstić information content (AvgIpc) is 2.56. The van der Waals surface area contributed by atoms with Crippen LogP contribution in [0, 0.1) is 0 Å². The number of methoxy groups -OCH3 is 2. The van der Waals surface area contributed by atoms with Crippen LogP contribution >= 0.6 is 0 Å². The average molecular weight is 333 g/mol. The number of benzene rings is 1. The van der Waals surface area contributed by atoms with Crippen LogP contribution in [-0.2, 0) is 6.54 Å². The first-order valence-electron chi connectivity index (χ1n) is 6.80. The van der Waals surface area contributed by atoms with Gasteiger partial charge in [0.2, 0.25) is 0 Å². The highest BCUT2D eigenvalue weighted by Gasteiger charge is 2.21. The predicted octanol–water partition coefficient (Wildman–Crippen LogP) is 1.31. The molecule has 0 bridgehead atoms. The second kappa shape index (κ2) is 6.86. The standard InChI is InChI=1S/C16H15NO7/c1-23-10-4-3-9(12(7-10)24-2)8-17-6-5-11(15(19)20)13(14(17)18)16(21)22/h3-7H,8H2,1-2H3,(H,19,20)(H,21,22). The van der Waals surface area contributed by atoms with Crippen LogP contribution in [0.25, 0.3) is 0 Å². The highest BCUT2D eigenvalue weighted by Crippen LogP contribution is 2.25. The van der Waals surface area contributed by atoms with E-state index in [-0.39, 0.29) is 6.54 Å². The number of carboxylic acid groups (broad SMARTS) is 2. The third-order valence-electron chi connectivity index (χ3n) is 3.44. The molecule has 0 atom stereocenters. The molecule has 2 N–H and O–H groups in total. The Balaban J connectivity index is 2.52. The normalized spacial score (nSPS) is 10.2. The minimum Gasteiger partial charge on any atom is -0.497 e. The van der Waals surface area contributed by atoms with Gasteiger partial charge in [0.1, 0.15) is 17.1 Å². The molecule has 0 aliphatic carbocycles. The van der Waals surface area contributed by atoms with E-state index < -0.39 is 28.6 Å². The van der Waals surface area contributed by atoms with E-state index in [4.69, 9.17) is 19.7 Å². The van der Waals surface area contributed by atoms with Gasteiger partial charge in [-0.15, -0.1) is 0 Å². The lowest BCUT2D eigenvalue weighted by Gasteiger charge is -2.13. The molecule has 0 aliphatic heterocycles. The van der Waals surface area contributed by atoms with Gasteiger partial charge in [0.15, 0.2) is 0 Å². The zero-order chi connectivity index (χ0) is 17.9. The Hall–Kier alpha value is -3.29. The van der Waals surface area contributed by atoms with E-state index in [0.29, 0.717) is 17.1 Å². The molecular formula is C16H15NO7. The van der Waals surface area contributed by atoms with Crippen LogP contribution in [0.5, 0.6) is 11.5 Å². The van der Waals surface area contributed by atoms with Gasteiger partial charge in [0.25, 0.3) is 5.56 Å². The second-order valence-corrected chi connectivity index (χ2v) is 4.83. The van der Waals surface area contributed by atoms with Crippen molar-refractivity contribution in [3.05, 3.63) is 57.5 Å². The summed E-state index contributed by atoms with van der Waals surface area (Å²) in [7, 11) is 2.96. The summed E-state index contributed by atoms with van der Waals surface area (Å²) in [4.78, 5) is 34.6. The first kappa shape index (κ1) is 17.1. The molecule has 0 amide bonds. The molecule has 1 aromatic heterocycles. The number of carboxylic acids is 2. The molecule has 8 heteroatoms. The smallest absolute Gasteiger partial charge is 0.342 e. The first-order chi connectivity index (χ1) is 11.4. The Morgan fingerprint density at radius 1 is 1.08 bits per heavy atom. The van der Waals surface area contributed by atoms with Crippen molar-refractivity contribution < 1.29 is 29.3 Å². The number of hydrogen-bond acceptors (Lipinski definition) is 5. The van der Waals surface area contributed by atoms with Crippen LogP contribution in [0.4, 0.5) is 0 Å². The molecule has 0 unspecified atom stereocenters. The maximum Gasteiger partial charge on any atom is 0.342 e. The number of aromatic carboxylic acids is 2. The van der Waals surface area contributed by atoms with Crippen molar-refractivity contribution in [2.24, 2.45) is 0 Å². The summed E-state index contributed by atoms with van der Waals surface area (Å²) >= 11 is 0. The maximum atomic E-state index is 12.3. The molecule has 1 heterocycles. The first-order valence-corrected chi connectivity index (χ1v) is 6.80. The van der Waals surface area contributed by atoms with Gasteiger partial charge in [0.05, 0.1) is 26.3 Å². The summed E-state index contributed by atoms with van der Waals surface area (Å²) < 4.78 is 11.4. The molecule has 8 nitrogen and oxygen atoms in total. The monoisotopic (exact) mass is 333 g/mol. The third kappa shape index (κ3) is 3.22. The molecule has 0 fully saturated rings. The summed E-state index contributed by atoms with van der Waals surface area (Å²) in [5.74, 6) is -2.04. The van der Waals surface area contributed by atoms with Crippen molar-refractivity contribution in [3.8, 4) is 11.5 Å². The summed E-state index contributed by atoms with van der Waals surface area (Å²) in [6.07, 6.45) is 1.24. The van der Waals surface area contributed by atoms with Gasteiger partial charge in [-0.2, -0.15) is 0 Å². The van der Waals surface area contributed by atoms with Crippen LogP contribution in [0.2, 0.25) is 0 Å². The van der Waals surface area contributed by atoms with Crippen LogP contribution < -0.4 is 15.0 Å². The zero-order valence-corrected chi connectivity index (χ0v) is 13.0. The van der Waals surface area contributed by atoms with Gasteiger partial charge in [-0.1, -0.05) is 0 Å². The fraction of sp³-hybridized carbons (Fsp3) is 0.188. The maximum absolute atomic E-state index is 12.3. The highest BCUT2D eigenvalue weighted by atomic mass is 16.5. The van der Waals surface area contributed by atoms with Gasteiger partial charge in [0, 0.05) is 17.8 Å². The van der Waals surface area contributed by atoms with Crippen LogP contribution in [0.3, 0.4) is 0 Å². The number of aromatic nitrogens is 1. The lowest BCUT2D eigenvalue weighted by molar-refractivity contribution is 0.0649. The minimum absolute atomic E-state index is 0.0200. The van der Waals surface area contributed by atoms with E-state index in [1.54, 1.807) is 18.2 Å². The Morgan fingerprint density at radius 2 is 1.79 bits per heavy atom. The van der Waals surface area contributed by atoms with E-state index in [2.05, 4.69) is 0 Å². The SMILES string of the molecule is COc1ccc(Cn2ccc(C(=O)O)c(C(=O)O)c2=O)c(OC)c1. The number of rotatable bonds is 6. The lowest BCUT2D eigenvalue weighted by Crippen LogP contribution is -2.29. The molecular weight excluding hydrogens is 318 g/mol. The molecule has 0 aliphatic rings. The predicted molar refractivity (Wildman–Crippen MR) is 83.3 cm³/mol. The fourth-order valence-corrected chi connectivity index (χ4v) is 2.25. The Morgan fingerprint density at radius 3 is 2.33 bits per heavy atom. The molecule has 0 saturated carbocycles. The van der Waals surface area contributed by atoms with Crippen molar-refractivity contribution in [2.75, 3.05) is 14.2 Å². The topological polar surface area (TPSA) is 115 Å². The van der Waals surface area contributed by atoms with Crippen molar-refractivity contribution in [3.63, 3.8) is 0 Å². The largest absolute Gasteiger partial charge is 0.497 e. The Kier molecular flexibility index (Phi) is 4.88. The number of carbonyl (C=O) groups is 2. The Bertz CT molecular complexity index is 854. The second-order valence-electron chi connectivity index (χ2n) is 4.83. The lowest BCUT2D eigenvalue weighted by atomic mass is 10.1. The molecule has 0 saturated heterocycles. The quantitative estimate of drug-likeness (QED) is 0.819. The van der Waals surface area contributed by atoms with Crippen molar-refractivity contribution in [2.45, 2.75) is 6.54 Å². The van der Waals surface area contributed by atoms with E-state index in [9.17, 15) is 14.4 Å². The summed E-state index contributed by atoms with van der Waals surface area (Å²) in [5.41, 5.74) is -1.62. The van der Waals surface area contributed by atoms with Crippen LogP contribution in [0.15, 0.2) is 35.3 Å². The molecule has 0 spiro atoms. The molecule has 2 rings (SSSR count). The van der Waals surface area contributed by atoms with Crippen molar-refractivity contribution in [1.29, 1.82) is 0 Å². The third-order valence-corrected chi connectivity index (χ3v) is 3.44. The van der Waals surface area contributed by atoms with E-state index >= 15 is 0 Å². The van der Waals surface area contributed by atoms with E-state index in [0.717, 1.165) is 10.6 Å². The fourth-order valence-electron chi connectivity index (χ4n) is 2.25. The zero-order valence-electron chi connectivity index (χ0n) is 13.0. The highest BCUT2D eigenvalue weighted by molar-refractivity contribution is 6.01. The van der Waals surface area contributed by atoms with E-state index in [1.165, 1.54) is 20.4 Å². The van der Waals surface area contributed by atoms with Gasteiger partial charge >= 0.3 is 11.9 Å². The minimum atomic E-state index is -1.59.